The van der Waals surface area contributed by atoms with E-state index in [0.717, 1.165) is 5.56 Å². The van der Waals surface area contributed by atoms with E-state index in [1.54, 1.807) is 13.0 Å². The largest absolute Gasteiger partial charge is 0.343 e. The van der Waals surface area contributed by atoms with Gasteiger partial charge >= 0.3 is 0 Å². The fourth-order valence-corrected chi connectivity index (χ4v) is 1.42. The van der Waals surface area contributed by atoms with Gasteiger partial charge in [-0.15, -0.1) is 10.2 Å². The van der Waals surface area contributed by atoms with Crippen LogP contribution in [-0.2, 0) is 4.79 Å². The number of carbonyl (C=O) groups excluding carboxylic acids is 1. The third kappa shape index (κ3) is 3.24. The first-order valence-electron chi connectivity index (χ1n) is 5.52. The molecular formula is C12H13N5O. The molecular weight excluding hydrogens is 230 g/mol. The molecule has 0 bridgehead atoms. The second-order valence-corrected chi connectivity index (χ2v) is 3.74. The molecule has 1 unspecified atom stereocenters. The van der Waals surface area contributed by atoms with E-state index in [9.17, 15) is 4.79 Å². The lowest BCUT2D eigenvalue weighted by molar-refractivity contribution is -0.117. The van der Waals surface area contributed by atoms with Crippen LogP contribution in [0.3, 0.4) is 0 Å². The molecule has 2 N–H and O–H groups in total. The summed E-state index contributed by atoms with van der Waals surface area (Å²) in [6.07, 6.45) is 3.23. The van der Waals surface area contributed by atoms with Crippen LogP contribution in [0.2, 0.25) is 0 Å². The number of benzene rings is 1. The smallest absolute Gasteiger partial charge is 0.244 e. The molecule has 0 fully saturated rings. The van der Waals surface area contributed by atoms with E-state index in [4.69, 9.17) is 0 Å². The molecule has 1 atom stereocenters. The second-order valence-electron chi connectivity index (χ2n) is 3.74. The van der Waals surface area contributed by atoms with E-state index < -0.39 is 0 Å². The van der Waals surface area contributed by atoms with Crippen molar-refractivity contribution < 1.29 is 4.79 Å². The zero-order valence-corrected chi connectivity index (χ0v) is 9.87. The van der Waals surface area contributed by atoms with Crippen molar-refractivity contribution in [1.29, 1.82) is 0 Å². The Hall–Kier alpha value is -2.50. The third-order valence-corrected chi connectivity index (χ3v) is 2.33. The fraction of sp³-hybridized carbons (Fsp3) is 0.167. The summed E-state index contributed by atoms with van der Waals surface area (Å²) in [5.74, 6) is 0.257. The number of aromatic amines is 1. The number of amides is 1. The zero-order chi connectivity index (χ0) is 12.8. The van der Waals surface area contributed by atoms with Gasteiger partial charge in [0.05, 0.1) is 6.04 Å². The van der Waals surface area contributed by atoms with E-state index in [0.29, 0.717) is 5.82 Å². The Morgan fingerprint density at radius 3 is 2.83 bits per heavy atom. The Morgan fingerprint density at radius 1 is 1.39 bits per heavy atom. The van der Waals surface area contributed by atoms with Crippen molar-refractivity contribution in [1.82, 2.24) is 25.9 Å². The molecule has 0 aliphatic rings. The summed E-state index contributed by atoms with van der Waals surface area (Å²) in [4.78, 5) is 11.6. The lowest BCUT2D eigenvalue weighted by Gasteiger charge is -2.06. The highest BCUT2D eigenvalue weighted by molar-refractivity contribution is 5.91. The maximum absolute atomic E-state index is 11.6. The molecule has 0 aliphatic heterocycles. The van der Waals surface area contributed by atoms with Gasteiger partial charge in [0.15, 0.2) is 5.82 Å². The van der Waals surface area contributed by atoms with Crippen molar-refractivity contribution in [2.45, 2.75) is 13.0 Å². The van der Waals surface area contributed by atoms with Crippen molar-refractivity contribution in [2.24, 2.45) is 0 Å². The zero-order valence-electron chi connectivity index (χ0n) is 9.87. The average Bonchev–Trinajstić information content (AvgIpc) is 2.91. The maximum atomic E-state index is 11.6. The molecule has 92 valence electrons. The minimum Gasteiger partial charge on any atom is -0.343 e. The topological polar surface area (TPSA) is 83.6 Å². The normalized spacial score (nSPS) is 12.5. The van der Waals surface area contributed by atoms with E-state index in [2.05, 4.69) is 25.9 Å². The molecule has 0 aliphatic carbocycles. The predicted molar refractivity (Wildman–Crippen MR) is 66.2 cm³/mol. The number of hydrogen-bond donors (Lipinski definition) is 2. The van der Waals surface area contributed by atoms with E-state index in [1.807, 2.05) is 30.3 Å². The van der Waals surface area contributed by atoms with Crippen LogP contribution in [0.15, 0.2) is 36.4 Å². The summed E-state index contributed by atoms with van der Waals surface area (Å²) in [6, 6.07) is 9.32. The molecule has 2 rings (SSSR count). The van der Waals surface area contributed by atoms with Crippen LogP contribution in [0, 0.1) is 0 Å². The molecule has 6 heteroatoms. The van der Waals surface area contributed by atoms with E-state index >= 15 is 0 Å². The van der Waals surface area contributed by atoms with Gasteiger partial charge in [0, 0.05) is 6.08 Å². The number of aromatic nitrogens is 4. The van der Waals surface area contributed by atoms with Gasteiger partial charge in [-0.1, -0.05) is 35.5 Å². The standard InChI is InChI=1S/C12H13N5O/c1-9(12-14-16-17-15-12)13-11(18)8-7-10-5-3-2-4-6-10/h2-9H,1H3,(H,13,18)(H,14,15,16,17)/b8-7+. The van der Waals surface area contributed by atoms with Gasteiger partial charge < -0.3 is 5.32 Å². The lowest BCUT2D eigenvalue weighted by Crippen LogP contribution is -2.25. The van der Waals surface area contributed by atoms with E-state index in [1.165, 1.54) is 6.08 Å². The highest BCUT2D eigenvalue weighted by atomic mass is 16.1. The summed E-state index contributed by atoms with van der Waals surface area (Å²) in [6.45, 7) is 1.79. The Morgan fingerprint density at radius 2 is 2.17 bits per heavy atom. The third-order valence-electron chi connectivity index (χ3n) is 2.33. The number of hydrogen-bond acceptors (Lipinski definition) is 4. The molecule has 0 radical (unpaired) electrons. The summed E-state index contributed by atoms with van der Waals surface area (Å²) < 4.78 is 0. The fourth-order valence-electron chi connectivity index (χ4n) is 1.42. The number of rotatable bonds is 4. The minimum absolute atomic E-state index is 0.198. The second kappa shape index (κ2) is 5.72. The van der Waals surface area contributed by atoms with Crippen molar-refractivity contribution in [3.8, 4) is 0 Å². The maximum Gasteiger partial charge on any atom is 0.244 e. The van der Waals surface area contributed by atoms with Crippen LogP contribution >= 0.6 is 0 Å². The number of tetrazole rings is 1. The summed E-state index contributed by atoms with van der Waals surface area (Å²) in [5, 5.41) is 16.1. The predicted octanol–water partition coefficient (Wildman–Crippen LogP) is 1.09. The number of nitrogens with zero attached hydrogens (tertiary/aromatic N) is 3. The van der Waals surface area contributed by atoms with E-state index in [-0.39, 0.29) is 11.9 Å². The SMILES string of the molecule is CC(NC(=O)/C=C/c1ccccc1)c1nn[nH]n1. The quantitative estimate of drug-likeness (QED) is 0.787. The van der Waals surface area contributed by atoms with Crippen LogP contribution in [-0.4, -0.2) is 26.5 Å². The van der Waals surface area contributed by atoms with Gasteiger partial charge in [-0.25, -0.2) is 0 Å². The Labute approximate surface area is 104 Å². The van der Waals surface area contributed by atoms with Gasteiger partial charge in [0.25, 0.3) is 0 Å². The van der Waals surface area contributed by atoms with Gasteiger partial charge in [-0.3, -0.25) is 4.79 Å². The Bertz CT molecular complexity index is 521. The van der Waals surface area contributed by atoms with Crippen molar-refractivity contribution >= 4 is 12.0 Å². The molecule has 0 saturated heterocycles. The average molecular weight is 243 g/mol. The molecule has 18 heavy (non-hydrogen) atoms. The molecule has 1 amide bonds. The Balaban J connectivity index is 1.91. The molecule has 1 aromatic carbocycles. The highest BCUT2D eigenvalue weighted by Crippen LogP contribution is 2.04. The van der Waals surface area contributed by atoms with Crippen molar-refractivity contribution in [3.63, 3.8) is 0 Å². The van der Waals surface area contributed by atoms with Crippen LogP contribution < -0.4 is 5.32 Å². The monoisotopic (exact) mass is 243 g/mol. The number of H-pyrrole nitrogens is 1. The first-order chi connectivity index (χ1) is 8.75. The molecule has 1 heterocycles. The number of nitrogens with one attached hydrogen (secondary N) is 2. The minimum atomic E-state index is -0.281. The first kappa shape index (κ1) is 12.0. The first-order valence-corrected chi connectivity index (χ1v) is 5.52. The van der Waals surface area contributed by atoms with Crippen LogP contribution in [0.25, 0.3) is 6.08 Å². The summed E-state index contributed by atoms with van der Waals surface area (Å²) in [7, 11) is 0. The molecule has 6 nitrogen and oxygen atoms in total. The Kier molecular flexibility index (Phi) is 3.80. The van der Waals surface area contributed by atoms with Crippen molar-refractivity contribution in [3.05, 3.63) is 47.8 Å². The van der Waals surface area contributed by atoms with Gasteiger partial charge in [-0.2, -0.15) is 5.21 Å². The van der Waals surface area contributed by atoms with Crippen LogP contribution in [0.1, 0.15) is 24.4 Å². The van der Waals surface area contributed by atoms with Crippen LogP contribution in [0.5, 0.6) is 0 Å². The van der Waals surface area contributed by atoms with Gasteiger partial charge in [0.2, 0.25) is 5.91 Å². The van der Waals surface area contributed by atoms with Gasteiger partial charge in [-0.05, 0) is 18.6 Å². The molecule has 0 saturated carbocycles. The highest BCUT2D eigenvalue weighted by Gasteiger charge is 2.11. The van der Waals surface area contributed by atoms with Crippen molar-refractivity contribution in [2.75, 3.05) is 0 Å². The molecule has 2 aromatic rings. The van der Waals surface area contributed by atoms with Crippen LogP contribution in [0.4, 0.5) is 0 Å². The number of carbonyl (C=O) groups is 1. The molecule has 0 spiro atoms. The lowest BCUT2D eigenvalue weighted by atomic mass is 10.2. The molecule has 1 aromatic heterocycles. The summed E-state index contributed by atoms with van der Waals surface area (Å²) in [5.41, 5.74) is 0.972. The summed E-state index contributed by atoms with van der Waals surface area (Å²) >= 11 is 0. The van der Waals surface area contributed by atoms with Gasteiger partial charge in [0.1, 0.15) is 0 Å².